The molecular formula is C43H55NO15. The molecule has 16 heteroatoms. The van der Waals surface area contributed by atoms with Crippen molar-refractivity contribution in [3.05, 3.63) is 52.6 Å². The van der Waals surface area contributed by atoms with Crippen LogP contribution in [0, 0.1) is 16.7 Å². The van der Waals surface area contributed by atoms with Crippen LogP contribution in [0.4, 0.5) is 4.79 Å². The molecule has 0 unspecified atom stereocenters. The number of rotatable bonds is 3. The first-order chi connectivity index (χ1) is 27.4. The molecule has 2 saturated carbocycles. The maximum absolute atomic E-state index is 15.4. The van der Waals surface area contributed by atoms with E-state index in [1.165, 1.54) is 13.8 Å². The van der Waals surface area contributed by atoms with Gasteiger partial charge in [-0.3, -0.25) is 19.2 Å². The summed E-state index contributed by atoms with van der Waals surface area (Å²) in [5, 5.41) is 39.9. The quantitative estimate of drug-likeness (QED) is 0.195. The fraction of sp³-hybridized carbons (Fsp3) is 0.628. The van der Waals surface area contributed by atoms with E-state index < -0.39 is 118 Å². The fourth-order valence-electron chi connectivity index (χ4n) is 9.86. The molecule has 16 nitrogen and oxygen atoms in total. The maximum Gasteiger partial charge on any atom is 0.408 e. The number of hydrogen-bond donors (Lipinski definition) is 4. The maximum atomic E-state index is 15.4. The third-order valence-corrected chi connectivity index (χ3v) is 12.8. The van der Waals surface area contributed by atoms with E-state index in [9.17, 15) is 39.3 Å². The summed E-state index contributed by atoms with van der Waals surface area (Å²) >= 11 is 0. The highest BCUT2D eigenvalue weighted by atomic mass is 16.6. The number of fused-ring (bicyclic) bond motifs is 8. The van der Waals surface area contributed by atoms with Gasteiger partial charge in [0.2, 0.25) is 0 Å². The second kappa shape index (κ2) is 15.4. The van der Waals surface area contributed by atoms with Gasteiger partial charge in [-0.1, -0.05) is 44.2 Å². The Morgan fingerprint density at radius 3 is 2.31 bits per heavy atom. The van der Waals surface area contributed by atoms with Crippen LogP contribution in [0.1, 0.15) is 105 Å². The zero-order chi connectivity index (χ0) is 43.6. The number of hydrogen-bond acceptors (Lipinski definition) is 15. The number of aliphatic hydroxyl groups is 3. The van der Waals surface area contributed by atoms with E-state index in [1.807, 2.05) is 0 Å². The number of amides is 1. The van der Waals surface area contributed by atoms with Gasteiger partial charge in [-0.2, -0.15) is 0 Å². The van der Waals surface area contributed by atoms with E-state index in [0.717, 1.165) is 13.8 Å². The highest BCUT2D eigenvalue weighted by molar-refractivity contribution is 5.95. The van der Waals surface area contributed by atoms with Crippen molar-refractivity contribution in [1.29, 1.82) is 0 Å². The van der Waals surface area contributed by atoms with Crippen molar-refractivity contribution < 1.29 is 72.5 Å². The lowest BCUT2D eigenvalue weighted by atomic mass is 9.44. The van der Waals surface area contributed by atoms with Crippen molar-refractivity contribution in [3.63, 3.8) is 0 Å². The summed E-state index contributed by atoms with van der Waals surface area (Å²) in [5.74, 6) is -6.05. The predicted molar refractivity (Wildman–Crippen MR) is 206 cm³/mol. The molecule has 1 amide bonds. The first-order valence-corrected chi connectivity index (χ1v) is 19.9. The summed E-state index contributed by atoms with van der Waals surface area (Å²) in [7, 11) is 0. The van der Waals surface area contributed by atoms with Crippen molar-refractivity contribution in [3.8, 4) is 0 Å². The molecule has 2 heterocycles. The lowest BCUT2D eigenvalue weighted by Crippen LogP contribution is -2.82. The molecule has 5 aliphatic rings. The van der Waals surface area contributed by atoms with Crippen LogP contribution in [0.3, 0.4) is 0 Å². The van der Waals surface area contributed by atoms with Gasteiger partial charge >= 0.3 is 30.0 Å². The number of allylic oxidation sites excluding steroid dienone is 1. The van der Waals surface area contributed by atoms with Crippen molar-refractivity contribution in [2.75, 3.05) is 6.61 Å². The van der Waals surface area contributed by atoms with Gasteiger partial charge in [-0.05, 0) is 69.4 Å². The monoisotopic (exact) mass is 825 g/mol. The highest BCUT2D eigenvalue weighted by Crippen LogP contribution is 2.64. The Kier molecular flexibility index (Phi) is 11.5. The Morgan fingerprint density at radius 2 is 1.69 bits per heavy atom. The topological polar surface area (TPSA) is 231 Å². The molecule has 6 rings (SSSR count). The number of benzene rings is 1. The van der Waals surface area contributed by atoms with Gasteiger partial charge in [0.15, 0.2) is 23.6 Å². The average molecular weight is 826 g/mol. The van der Waals surface area contributed by atoms with E-state index in [2.05, 4.69) is 5.32 Å². The van der Waals surface area contributed by atoms with Gasteiger partial charge in [-0.15, -0.1) is 0 Å². The van der Waals surface area contributed by atoms with E-state index in [1.54, 1.807) is 71.0 Å². The first kappa shape index (κ1) is 43.9. The third kappa shape index (κ3) is 7.57. The highest BCUT2D eigenvalue weighted by Gasteiger charge is 2.78. The normalized spacial score (nSPS) is 37.4. The second-order valence-electron chi connectivity index (χ2n) is 18.1. The van der Waals surface area contributed by atoms with Crippen molar-refractivity contribution in [2.45, 2.75) is 147 Å². The van der Waals surface area contributed by atoms with Crippen molar-refractivity contribution in [1.82, 2.24) is 5.32 Å². The number of carbonyl (C=O) groups excluding carboxylic acids is 6. The molecular weight excluding hydrogens is 770 g/mol. The number of alkyl carbamates (subject to hydrolysis) is 1. The summed E-state index contributed by atoms with van der Waals surface area (Å²) < 4.78 is 35.5. The molecule has 1 saturated heterocycles. The summed E-state index contributed by atoms with van der Waals surface area (Å²) in [6.45, 7) is 13.0. The van der Waals surface area contributed by atoms with Gasteiger partial charge in [0, 0.05) is 38.5 Å². The third-order valence-electron chi connectivity index (χ3n) is 12.8. The lowest BCUT2D eigenvalue weighted by molar-refractivity contribution is -0.347. The number of aliphatic hydroxyl groups excluding tert-OH is 2. The van der Waals surface area contributed by atoms with Crippen LogP contribution in [0.15, 0.2) is 41.5 Å². The molecule has 3 fully saturated rings. The predicted octanol–water partition coefficient (Wildman–Crippen LogP) is 3.32. The van der Waals surface area contributed by atoms with E-state index in [-0.39, 0.29) is 37.0 Å². The number of ether oxygens (including phenoxy) is 6. The van der Waals surface area contributed by atoms with Gasteiger partial charge in [0.1, 0.15) is 29.5 Å². The van der Waals surface area contributed by atoms with Gasteiger partial charge < -0.3 is 49.1 Å². The molecule has 0 radical (unpaired) electrons. The molecule has 2 aliphatic heterocycles. The molecule has 0 aromatic heterocycles. The Bertz CT molecular complexity index is 1980. The molecule has 1 aromatic carbocycles. The van der Waals surface area contributed by atoms with Crippen LogP contribution in [-0.4, -0.2) is 111 Å². The van der Waals surface area contributed by atoms with E-state index in [4.69, 9.17) is 28.4 Å². The summed E-state index contributed by atoms with van der Waals surface area (Å²) in [4.78, 5) is 82.6. The molecule has 1 aromatic rings. The number of esters is 4. The van der Waals surface area contributed by atoms with Gasteiger partial charge in [0.25, 0.3) is 0 Å². The zero-order valence-corrected chi connectivity index (χ0v) is 34.9. The molecule has 0 spiro atoms. The largest absolute Gasteiger partial charge is 0.459 e. The van der Waals surface area contributed by atoms with Gasteiger partial charge in [-0.25, -0.2) is 9.59 Å². The SMILES string of the molecule is CC(=O)O[C@H]1C(=O)[C@@]2(C)[C@H]([C@H]3OC(=O)CC/C=C/c4cccc(c4)[C@@H](NC(=O)OC(C)(C)C)[C@H](O)C(=O)O[C@H]4C[C@@]3(O)C(C)(C)C1=C4C)[C@@]1(OC(C)=O)CO[C@@H]1C[C@@H]2O. The first-order valence-electron chi connectivity index (χ1n) is 19.9. The van der Waals surface area contributed by atoms with E-state index in [0.29, 0.717) is 11.1 Å². The molecule has 59 heavy (non-hydrogen) atoms. The van der Waals surface area contributed by atoms with Crippen LogP contribution in [-0.2, 0) is 52.4 Å². The molecule has 3 aliphatic carbocycles. The van der Waals surface area contributed by atoms with Crippen LogP contribution >= 0.6 is 0 Å². The minimum atomic E-state index is -2.34. The van der Waals surface area contributed by atoms with Crippen LogP contribution in [0.5, 0.6) is 0 Å². The Hall–Kier alpha value is -4.64. The number of nitrogens with one attached hydrogen (secondary N) is 1. The molecule has 5 bridgehead atoms. The summed E-state index contributed by atoms with van der Waals surface area (Å²) in [5.41, 5.74) is -7.57. The number of ketones is 1. The van der Waals surface area contributed by atoms with Crippen LogP contribution < -0.4 is 5.32 Å². The summed E-state index contributed by atoms with van der Waals surface area (Å²) in [6, 6.07) is 5.19. The molecule has 322 valence electrons. The Labute approximate surface area is 342 Å². The van der Waals surface area contributed by atoms with Gasteiger partial charge in [0.05, 0.1) is 30.1 Å². The van der Waals surface area contributed by atoms with E-state index >= 15 is 4.79 Å². The number of carbonyl (C=O) groups is 6. The Morgan fingerprint density at radius 1 is 1.00 bits per heavy atom. The summed E-state index contributed by atoms with van der Waals surface area (Å²) in [6.07, 6.45) is -7.99. The second-order valence-corrected chi connectivity index (χ2v) is 18.1. The fourth-order valence-corrected chi connectivity index (χ4v) is 9.86. The van der Waals surface area contributed by atoms with Crippen molar-refractivity contribution >= 4 is 41.8 Å². The number of Topliss-reactive ketones (excluding diaryl/α,β-unsaturated/α-hetero) is 1. The standard InChI is InChI=1S/C43H55NO15/c1-21-26-19-43(53)36(34-41(9,27(47)18-28-42(34,20-54-28)58-23(3)46)35(50)33(55-22(2)45)30(21)40(43,7)8)57-29(48)16-11-10-13-24-14-12-15-25(17-24)31(32(49)37(51)56-26)44-38(52)59-39(4,5)6/h10,12-15,17,26-28,31-34,36,47,49,53H,11,16,18-20H2,1-9H3,(H,44,52)/b13-10+/t26-,27-,28+,31+,32-,33+,34-,36+,41+,42+,43-/m0/s1. The van der Waals surface area contributed by atoms with Crippen LogP contribution in [0.2, 0.25) is 0 Å². The minimum absolute atomic E-state index is 0.0113. The average Bonchev–Trinajstić information content (AvgIpc) is 3.12. The smallest absolute Gasteiger partial charge is 0.408 e. The molecule has 11 atom stereocenters. The van der Waals surface area contributed by atoms with Crippen molar-refractivity contribution in [2.24, 2.45) is 16.7 Å². The Balaban J connectivity index is 1.59. The molecule has 4 N–H and O–H groups in total. The minimum Gasteiger partial charge on any atom is -0.459 e. The zero-order valence-electron chi connectivity index (χ0n) is 34.9. The lowest BCUT2D eigenvalue weighted by Gasteiger charge is -2.67. The van der Waals surface area contributed by atoms with Crippen LogP contribution in [0.25, 0.3) is 6.08 Å².